The number of imidazole rings is 1. The number of hydrogen-bond acceptors (Lipinski definition) is 4. The van der Waals surface area contributed by atoms with Gasteiger partial charge in [-0.15, -0.1) is 11.3 Å². The molecule has 0 saturated carbocycles. The second kappa shape index (κ2) is 6.51. The summed E-state index contributed by atoms with van der Waals surface area (Å²) >= 11 is 1.60. The third-order valence-electron chi connectivity index (χ3n) is 4.73. The van der Waals surface area contributed by atoms with Gasteiger partial charge in [-0.05, 0) is 36.1 Å². The number of aryl methyl sites for hydroxylation is 1. The molecule has 0 bridgehead atoms. The fraction of sp³-hybridized carbons (Fsp3) is 0.150. The molecule has 0 spiro atoms. The summed E-state index contributed by atoms with van der Waals surface area (Å²) < 4.78 is 2.25. The van der Waals surface area contributed by atoms with Gasteiger partial charge >= 0.3 is 0 Å². The van der Waals surface area contributed by atoms with E-state index in [-0.39, 0.29) is 5.91 Å². The predicted octanol–water partition coefficient (Wildman–Crippen LogP) is 4.20. The van der Waals surface area contributed by atoms with Crippen LogP contribution < -0.4 is 5.32 Å². The van der Waals surface area contributed by atoms with Crippen LogP contribution in [0.4, 0.5) is 5.69 Å². The first-order valence-corrected chi connectivity index (χ1v) is 9.71. The van der Waals surface area contributed by atoms with E-state index in [2.05, 4.69) is 25.1 Å². The molecule has 6 nitrogen and oxygen atoms in total. The van der Waals surface area contributed by atoms with Crippen LogP contribution in [0.2, 0.25) is 0 Å². The van der Waals surface area contributed by atoms with Gasteiger partial charge in [0.25, 0.3) is 5.91 Å². The van der Waals surface area contributed by atoms with Gasteiger partial charge in [-0.1, -0.05) is 18.2 Å². The Morgan fingerprint density at radius 3 is 3.07 bits per heavy atom. The number of aromatic nitrogens is 4. The van der Waals surface area contributed by atoms with Crippen LogP contribution in [-0.2, 0) is 13.0 Å². The lowest BCUT2D eigenvalue weighted by Crippen LogP contribution is -2.12. The third-order valence-corrected chi connectivity index (χ3v) is 5.64. The lowest BCUT2D eigenvalue weighted by molar-refractivity contribution is 0.102. The SMILES string of the molecule is O=C(Nc1cccc(-c2cnc3n2CCC3)c1)c1cc(-c2cccs2)[nH]n1. The van der Waals surface area contributed by atoms with Gasteiger partial charge in [0, 0.05) is 24.2 Å². The molecule has 4 heterocycles. The number of amides is 1. The average molecular weight is 375 g/mol. The Bertz CT molecular complexity index is 1110. The fourth-order valence-corrected chi connectivity index (χ4v) is 4.13. The van der Waals surface area contributed by atoms with Crippen LogP contribution in [0.5, 0.6) is 0 Å². The topological polar surface area (TPSA) is 75.6 Å². The second-order valence-corrected chi connectivity index (χ2v) is 7.44. The minimum atomic E-state index is -0.232. The highest BCUT2D eigenvalue weighted by molar-refractivity contribution is 7.13. The number of carbonyl (C=O) groups excluding carboxylic acids is 1. The summed E-state index contributed by atoms with van der Waals surface area (Å²) in [6.45, 7) is 1.00. The largest absolute Gasteiger partial charge is 0.328 e. The highest BCUT2D eigenvalue weighted by Gasteiger charge is 2.17. The summed E-state index contributed by atoms with van der Waals surface area (Å²) in [5.41, 5.74) is 4.10. The van der Waals surface area contributed by atoms with E-state index in [0.29, 0.717) is 5.69 Å². The number of carbonyl (C=O) groups is 1. The zero-order valence-electron chi connectivity index (χ0n) is 14.5. The monoisotopic (exact) mass is 375 g/mol. The number of aromatic amines is 1. The molecule has 1 aromatic carbocycles. The molecule has 4 aromatic rings. The normalized spacial score (nSPS) is 12.9. The first kappa shape index (κ1) is 16.0. The lowest BCUT2D eigenvalue weighted by atomic mass is 10.1. The summed E-state index contributed by atoms with van der Waals surface area (Å²) in [5.74, 6) is 0.904. The zero-order valence-corrected chi connectivity index (χ0v) is 15.3. The van der Waals surface area contributed by atoms with Crippen LogP contribution in [0.3, 0.4) is 0 Å². The van der Waals surface area contributed by atoms with Crippen LogP contribution in [0.15, 0.2) is 54.0 Å². The maximum atomic E-state index is 12.6. The Balaban J connectivity index is 1.37. The van der Waals surface area contributed by atoms with Crippen molar-refractivity contribution in [3.63, 3.8) is 0 Å². The van der Waals surface area contributed by atoms with Crippen LogP contribution >= 0.6 is 11.3 Å². The standard InChI is InChI=1S/C20H17N5OS/c26-20(16-11-15(23-24-16)18-6-3-9-27-18)22-14-5-1-4-13(10-14)17-12-21-19-7-2-8-25(17)19/h1,3-6,9-12H,2,7-8H2,(H,22,26)(H,23,24). The molecule has 3 aromatic heterocycles. The van der Waals surface area contributed by atoms with E-state index in [1.807, 2.05) is 48.0 Å². The number of anilines is 1. The van der Waals surface area contributed by atoms with E-state index >= 15 is 0 Å². The van der Waals surface area contributed by atoms with Crippen molar-refractivity contribution in [3.05, 3.63) is 65.6 Å². The maximum absolute atomic E-state index is 12.6. The minimum absolute atomic E-state index is 0.232. The van der Waals surface area contributed by atoms with Gasteiger partial charge in [0.15, 0.2) is 5.69 Å². The number of nitrogens with zero attached hydrogens (tertiary/aromatic N) is 3. The molecule has 0 aliphatic carbocycles. The van der Waals surface area contributed by atoms with Crippen molar-refractivity contribution in [2.45, 2.75) is 19.4 Å². The summed E-state index contributed by atoms with van der Waals surface area (Å²) in [7, 11) is 0. The van der Waals surface area contributed by atoms with Gasteiger partial charge < -0.3 is 9.88 Å². The van der Waals surface area contributed by atoms with Crippen molar-refractivity contribution < 1.29 is 4.79 Å². The summed E-state index contributed by atoms with van der Waals surface area (Å²) in [5, 5.41) is 12.0. The quantitative estimate of drug-likeness (QED) is 0.561. The van der Waals surface area contributed by atoms with Gasteiger partial charge in [-0.25, -0.2) is 4.98 Å². The van der Waals surface area contributed by atoms with E-state index in [9.17, 15) is 4.79 Å². The van der Waals surface area contributed by atoms with Crippen molar-refractivity contribution in [2.24, 2.45) is 0 Å². The molecule has 0 saturated heterocycles. The highest BCUT2D eigenvalue weighted by atomic mass is 32.1. The van der Waals surface area contributed by atoms with Crippen molar-refractivity contribution in [1.29, 1.82) is 0 Å². The van der Waals surface area contributed by atoms with Crippen LogP contribution in [0, 0.1) is 0 Å². The van der Waals surface area contributed by atoms with Gasteiger partial charge in [0.1, 0.15) is 5.82 Å². The molecule has 1 amide bonds. The Kier molecular flexibility index (Phi) is 3.86. The van der Waals surface area contributed by atoms with E-state index < -0.39 is 0 Å². The Hall–Kier alpha value is -3.19. The van der Waals surface area contributed by atoms with Crippen molar-refractivity contribution in [1.82, 2.24) is 19.7 Å². The smallest absolute Gasteiger partial charge is 0.276 e. The van der Waals surface area contributed by atoms with Crippen molar-refractivity contribution in [2.75, 3.05) is 5.32 Å². The van der Waals surface area contributed by atoms with Gasteiger partial charge in [0.05, 0.1) is 22.5 Å². The van der Waals surface area contributed by atoms with Crippen LogP contribution in [0.1, 0.15) is 22.7 Å². The van der Waals surface area contributed by atoms with E-state index in [0.717, 1.165) is 52.7 Å². The summed E-state index contributed by atoms with van der Waals surface area (Å²) in [6.07, 6.45) is 4.08. The van der Waals surface area contributed by atoms with Gasteiger partial charge in [-0.3, -0.25) is 9.89 Å². The number of fused-ring (bicyclic) bond motifs is 1. The van der Waals surface area contributed by atoms with E-state index in [4.69, 9.17) is 0 Å². The lowest BCUT2D eigenvalue weighted by Gasteiger charge is -2.08. The predicted molar refractivity (Wildman–Crippen MR) is 106 cm³/mol. The summed E-state index contributed by atoms with van der Waals surface area (Å²) in [6, 6.07) is 13.6. The molecule has 0 unspecified atom stereocenters. The van der Waals surface area contributed by atoms with Crippen molar-refractivity contribution >= 4 is 22.9 Å². The maximum Gasteiger partial charge on any atom is 0.276 e. The number of rotatable bonds is 4. The molecular formula is C20H17N5OS. The molecule has 0 atom stereocenters. The molecule has 2 N–H and O–H groups in total. The molecule has 7 heteroatoms. The zero-order chi connectivity index (χ0) is 18.2. The number of hydrogen-bond donors (Lipinski definition) is 2. The first-order valence-electron chi connectivity index (χ1n) is 8.83. The fourth-order valence-electron chi connectivity index (χ4n) is 3.44. The van der Waals surface area contributed by atoms with Crippen molar-refractivity contribution in [3.8, 4) is 21.8 Å². The number of benzene rings is 1. The van der Waals surface area contributed by atoms with Crippen LogP contribution in [-0.4, -0.2) is 25.7 Å². The van der Waals surface area contributed by atoms with E-state index in [1.54, 1.807) is 17.4 Å². The minimum Gasteiger partial charge on any atom is -0.328 e. The third kappa shape index (κ3) is 2.96. The first-order chi connectivity index (χ1) is 13.3. The molecule has 1 aliphatic heterocycles. The van der Waals surface area contributed by atoms with E-state index in [1.165, 1.54) is 0 Å². The second-order valence-electron chi connectivity index (χ2n) is 6.49. The molecule has 27 heavy (non-hydrogen) atoms. The highest BCUT2D eigenvalue weighted by Crippen LogP contribution is 2.28. The number of nitrogens with one attached hydrogen (secondary N) is 2. The Morgan fingerprint density at radius 2 is 2.19 bits per heavy atom. The average Bonchev–Trinajstić information content (AvgIpc) is 3.46. The van der Waals surface area contributed by atoms with Gasteiger partial charge in [-0.2, -0.15) is 5.10 Å². The Labute approximate surface area is 159 Å². The summed E-state index contributed by atoms with van der Waals surface area (Å²) in [4.78, 5) is 18.1. The molecule has 5 rings (SSSR count). The molecule has 1 aliphatic rings. The molecule has 0 radical (unpaired) electrons. The molecule has 134 valence electrons. The van der Waals surface area contributed by atoms with Crippen LogP contribution in [0.25, 0.3) is 21.8 Å². The number of thiophene rings is 1. The van der Waals surface area contributed by atoms with Gasteiger partial charge in [0.2, 0.25) is 0 Å². The molecular weight excluding hydrogens is 358 g/mol. The Morgan fingerprint density at radius 1 is 1.22 bits per heavy atom. The molecule has 0 fully saturated rings. The number of H-pyrrole nitrogens is 1.